The van der Waals surface area contributed by atoms with E-state index in [1.165, 1.54) is 0 Å². The average Bonchev–Trinajstić information content (AvgIpc) is 3.01. The number of aliphatic carboxylic acids is 1. The molecule has 0 aromatic heterocycles. The molecule has 2 rings (SSSR count). The molecule has 0 spiro atoms. The number of carbonyl (C=O) groups excluding carboxylic acids is 1. The number of Topliss-reactive ketones (excluding diaryl/α,β-unsaturated/α-hetero) is 1. The molecule has 1 aliphatic rings. The largest absolute Gasteiger partial charge is 0.491 e. The minimum atomic E-state index is -0.777. The van der Waals surface area contributed by atoms with E-state index >= 15 is 0 Å². The van der Waals surface area contributed by atoms with Crippen LogP contribution in [0, 0.1) is 5.92 Å². The molecule has 1 fully saturated rings. The van der Waals surface area contributed by atoms with Crippen molar-refractivity contribution in [2.75, 3.05) is 13.2 Å². The van der Waals surface area contributed by atoms with Crippen LogP contribution in [0.25, 0.3) is 0 Å². The van der Waals surface area contributed by atoms with Crippen LogP contribution in [0.4, 0.5) is 0 Å². The van der Waals surface area contributed by atoms with Crippen LogP contribution in [0.5, 0.6) is 5.75 Å². The van der Waals surface area contributed by atoms with Crippen molar-refractivity contribution >= 4 is 11.8 Å². The zero-order valence-electron chi connectivity index (χ0n) is 15.5. The van der Waals surface area contributed by atoms with Crippen LogP contribution in [-0.2, 0) is 14.3 Å². The van der Waals surface area contributed by atoms with Crippen LogP contribution >= 0.6 is 0 Å². The summed E-state index contributed by atoms with van der Waals surface area (Å²) >= 11 is 0. The topological polar surface area (TPSA) is 93.1 Å². The van der Waals surface area contributed by atoms with E-state index in [9.17, 15) is 14.7 Å². The van der Waals surface area contributed by atoms with Gasteiger partial charge in [-0.1, -0.05) is 49.6 Å². The number of ketones is 1. The molecule has 1 aliphatic heterocycles. The Labute approximate surface area is 159 Å². The molecule has 1 heterocycles. The summed E-state index contributed by atoms with van der Waals surface area (Å²) < 4.78 is 11.0. The molecule has 6 heteroatoms. The van der Waals surface area contributed by atoms with E-state index in [-0.39, 0.29) is 37.4 Å². The molecule has 27 heavy (non-hydrogen) atoms. The third-order valence-corrected chi connectivity index (χ3v) is 4.57. The zero-order chi connectivity index (χ0) is 19.5. The van der Waals surface area contributed by atoms with Gasteiger partial charge in [0.25, 0.3) is 0 Å². The van der Waals surface area contributed by atoms with Gasteiger partial charge in [0.05, 0.1) is 6.10 Å². The summed E-state index contributed by atoms with van der Waals surface area (Å²) in [6.07, 6.45) is 6.47. The normalized spacial score (nSPS) is 20.9. The number of rotatable bonds is 12. The number of aliphatic hydroxyl groups excluding tert-OH is 1. The van der Waals surface area contributed by atoms with Gasteiger partial charge in [-0.15, -0.1) is 0 Å². The third-order valence-electron chi connectivity index (χ3n) is 4.57. The second-order valence-electron chi connectivity index (χ2n) is 6.77. The van der Waals surface area contributed by atoms with Crippen molar-refractivity contribution in [3.05, 3.63) is 42.5 Å². The van der Waals surface area contributed by atoms with E-state index in [0.29, 0.717) is 12.2 Å². The summed E-state index contributed by atoms with van der Waals surface area (Å²) in [4.78, 5) is 22.5. The molecule has 1 saturated heterocycles. The Morgan fingerprint density at radius 2 is 1.96 bits per heavy atom. The van der Waals surface area contributed by atoms with Gasteiger partial charge in [0, 0.05) is 12.3 Å². The number of aliphatic hydroxyl groups is 1. The Kier molecular flexibility index (Phi) is 9.01. The van der Waals surface area contributed by atoms with E-state index in [0.717, 1.165) is 25.7 Å². The molecular weight excluding hydrogens is 348 g/mol. The molecular formula is C21H28O6. The van der Waals surface area contributed by atoms with Crippen molar-refractivity contribution in [2.24, 2.45) is 5.92 Å². The highest BCUT2D eigenvalue weighted by atomic mass is 16.5. The Morgan fingerprint density at radius 3 is 2.70 bits per heavy atom. The third kappa shape index (κ3) is 7.93. The standard InChI is InChI=1S/C21H28O6/c22-16(14-26-17-8-4-3-5-9-17)12-13-20-18(19(23)15-27-20)10-6-1-2-7-11-21(24)25/h3-5,8-9,12-13,16,18,20,22H,1-2,6-7,10-11,14-15H2,(H,24,25)/b13-12+/t16-,18-,20+/m0/s1. The van der Waals surface area contributed by atoms with Gasteiger partial charge in [0.1, 0.15) is 25.1 Å². The highest BCUT2D eigenvalue weighted by Crippen LogP contribution is 2.25. The molecule has 0 bridgehead atoms. The Hall–Kier alpha value is -2.18. The van der Waals surface area contributed by atoms with Gasteiger partial charge in [-0.3, -0.25) is 9.59 Å². The van der Waals surface area contributed by atoms with Crippen molar-refractivity contribution in [1.82, 2.24) is 0 Å². The fourth-order valence-electron chi connectivity index (χ4n) is 3.09. The highest BCUT2D eigenvalue weighted by Gasteiger charge is 2.33. The Morgan fingerprint density at radius 1 is 1.22 bits per heavy atom. The average molecular weight is 376 g/mol. The lowest BCUT2D eigenvalue weighted by atomic mass is 9.93. The lowest BCUT2D eigenvalue weighted by molar-refractivity contribution is -0.137. The minimum absolute atomic E-state index is 0.0882. The number of carboxylic acids is 1. The van der Waals surface area contributed by atoms with Crippen LogP contribution in [0.15, 0.2) is 42.5 Å². The van der Waals surface area contributed by atoms with Crippen molar-refractivity contribution in [3.8, 4) is 5.75 Å². The van der Waals surface area contributed by atoms with Gasteiger partial charge in [0.15, 0.2) is 5.78 Å². The molecule has 0 radical (unpaired) electrons. The summed E-state index contributed by atoms with van der Waals surface area (Å²) in [6, 6.07) is 9.26. The maximum Gasteiger partial charge on any atom is 0.303 e. The summed E-state index contributed by atoms with van der Waals surface area (Å²) in [7, 11) is 0. The van der Waals surface area contributed by atoms with Gasteiger partial charge in [-0.25, -0.2) is 0 Å². The van der Waals surface area contributed by atoms with Gasteiger partial charge >= 0.3 is 5.97 Å². The molecule has 0 saturated carbocycles. The summed E-state index contributed by atoms with van der Waals surface area (Å²) in [5.41, 5.74) is 0. The monoisotopic (exact) mass is 376 g/mol. The predicted octanol–water partition coefficient (Wildman–Crippen LogP) is 2.99. The number of unbranched alkanes of at least 4 members (excludes halogenated alkanes) is 3. The SMILES string of the molecule is O=C(O)CCCCCC[C@H]1C(=O)CO[C@@H]1/C=C/[C@H](O)COc1ccccc1. The van der Waals surface area contributed by atoms with Crippen molar-refractivity contribution in [1.29, 1.82) is 0 Å². The predicted molar refractivity (Wildman–Crippen MR) is 101 cm³/mol. The van der Waals surface area contributed by atoms with E-state index in [1.807, 2.05) is 30.3 Å². The maximum absolute atomic E-state index is 12.0. The molecule has 148 valence electrons. The Balaban J connectivity index is 1.70. The molecule has 0 unspecified atom stereocenters. The second-order valence-corrected chi connectivity index (χ2v) is 6.77. The van der Waals surface area contributed by atoms with Gasteiger partial charge in [-0.2, -0.15) is 0 Å². The summed E-state index contributed by atoms with van der Waals surface area (Å²) in [5, 5.41) is 18.7. The molecule has 0 amide bonds. The van der Waals surface area contributed by atoms with Crippen LogP contribution < -0.4 is 4.74 Å². The fraction of sp³-hybridized carbons (Fsp3) is 0.524. The molecule has 1 aromatic carbocycles. The van der Waals surface area contributed by atoms with Crippen LogP contribution in [-0.4, -0.2) is 47.4 Å². The minimum Gasteiger partial charge on any atom is -0.491 e. The number of hydrogen-bond acceptors (Lipinski definition) is 5. The first-order chi connectivity index (χ1) is 13.1. The van der Waals surface area contributed by atoms with Gasteiger partial charge < -0.3 is 19.7 Å². The second kappa shape index (κ2) is 11.5. The van der Waals surface area contributed by atoms with Crippen molar-refractivity contribution in [2.45, 2.75) is 50.7 Å². The first kappa shape index (κ1) is 21.1. The molecule has 1 aromatic rings. The number of carbonyl (C=O) groups is 2. The van der Waals surface area contributed by atoms with Gasteiger partial charge in [-0.05, 0) is 25.0 Å². The smallest absolute Gasteiger partial charge is 0.303 e. The van der Waals surface area contributed by atoms with Crippen LogP contribution in [0.3, 0.4) is 0 Å². The number of para-hydroxylation sites is 1. The lowest BCUT2D eigenvalue weighted by Crippen LogP contribution is -2.20. The molecule has 2 N–H and O–H groups in total. The van der Waals surface area contributed by atoms with E-state index in [1.54, 1.807) is 12.2 Å². The summed E-state index contributed by atoms with van der Waals surface area (Å²) in [6.45, 7) is 0.241. The fourth-order valence-corrected chi connectivity index (χ4v) is 3.09. The quantitative estimate of drug-likeness (QED) is 0.430. The van der Waals surface area contributed by atoms with Crippen molar-refractivity contribution in [3.63, 3.8) is 0 Å². The number of hydrogen-bond donors (Lipinski definition) is 2. The van der Waals surface area contributed by atoms with E-state index < -0.39 is 12.1 Å². The number of ether oxygens (including phenoxy) is 2. The highest BCUT2D eigenvalue weighted by molar-refractivity contribution is 5.84. The van der Waals surface area contributed by atoms with E-state index in [2.05, 4.69) is 0 Å². The van der Waals surface area contributed by atoms with Crippen LogP contribution in [0.1, 0.15) is 38.5 Å². The molecule has 6 nitrogen and oxygen atoms in total. The summed E-state index contributed by atoms with van der Waals surface area (Å²) in [5.74, 6) is -0.180. The number of benzene rings is 1. The van der Waals surface area contributed by atoms with E-state index in [4.69, 9.17) is 14.6 Å². The molecule has 3 atom stereocenters. The zero-order valence-corrected chi connectivity index (χ0v) is 15.5. The Bertz CT molecular complexity index is 612. The van der Waals surface area contributed by atoms with Gasteiger partial charge in [0.2, 0.25) is 0 Å². The van der Waals surface area contributed by atoms with Crippen molar-refractivity contribution < 1.29 is 29.3 Å². The number of carboxylic acid groups (broad SMARTS) is 1. The van der Waals surface area contributed by atoms with Crippen LogP contribution in [0.2, 0.25) is 0 Å². The first-order valence-electron chi connectivity index (χ1n) is 9.46. The maximum atomic E-state index is 12.0. The lowest BCUT2D eigenvalue weighted by Gasteiger charge is -2.14. The first-order valence-corrected chi connectivity index (χ1v) is 9.46. The molecule has 0 aliphatic carbocycles.